The van der Waals surface area contributed by atoms with E-state index in [0.717, 1.165) is 12.8 Å². The van der Waals surface area contributed by atoms with Crippen LogP contribution in [-0.2, 0) is 24.5 Å². The Morgan fingerprint density at radius 1 is 1.07 bits per heavy atom. The van der Waals surface area contributed by atoms with Crippen LogP contribution in [0.3, 0.4) is 0 Å². The molecule has 0 fully saturated rings. The molecule has 1 aliphatic rings. The lowest BCUT2D eigenvalue weighted by Crippen LogP contribution is -2.49. The summed E-state index contributed by atoms with van der Waals surface area (Å²) in [4.78, 5) is 26.5. The Hall–Kier alpha value is -2.10. The number of benzene rings is 1. The Morgan fingerprint density at radius 3 is 2.11 bits per heavy atom. The fourth-order valence-electron chi connectivity index (χ4n) is 4.18. The van der Waals surface area contributed by atoms with Gasteiger partial charge in [0.15, 0.2) is 5.41 Å². The Labute approximate surface area is 162 Å². The molecule has 4 heteroatoms. The third-order valence-electron chi connectivity index (χ3n) is 5.77. The van der Waals surface area contributed by atoms with Crippen LogP contribution in [0.1, 0.15) is 59.4 Å². The molecule has 0 spiro atoms. The van der Waals surface area contributed by atoms with Gasteiger partial charge in [0.25, 0.3) is 0 Å². The van der Waals surface area contributed by atoms with Gasteiger partial charge in [-0.1, -0.05) is 55.8 Å². The highest BCUT2D eigenvalue weighted by Gasteiger charge is 2.54. The van der Waals surface area contributed by atoms with E-state index in [2.05, 4.69) is 26.8 Å². The van der Waals surface area contributed by atoms with E-state index in [4.69, 9.17) is 9.47 Å². The standard InChI is InChI=1S/C23H32O4/c1-6-26-20(24)23(21(25)27-7-2,18-13-9-8-10-14-18)16-19-17(3)12-11-15-22(19,4)5/h8-10,12-14,19H,6-7,11,15-16H2,1-5H3. The van der Waals surface area contributed by atoms with E-state index in [0.29, 0.717) is 12.0 Å². The molecule has 0 heterocycles. The zero-order valence-corrected chi connectivity index (χ0v) is 17.2. The minimum Gasteiger partial charge on any atom is -0.465 e. The molecule has 1 aromatic rings. The molecule has 0 radical (unpaired) electrons. The van der Waals surface area contributed by atoms with Crippen LogP contribution in [-0.4, -0.2) is 25.2 Å². The summed E-state index contributed by atoms with van der Waals surface area (Å²) in [7, 11) is 0. The average Bonchev–Trinajstić information content (AvgIpc) is 2.62. The van der Waals surface area contributed by atoms with Gasteiger partial charge in [-0.2, -0.15) is 0 Å². The molecule has 0 bridgehead atoms. The van der Waals surface area contributed by atoms with Crippen molar-refractivity contribution in [3.8, 4) is 0 Å². The summed E-state index contributed by atoms with van der Waals surface area (Å²) in [5, 5.41) is 0. The second-order valence-corrected chi connectivity index (χ2v) is 7.94. The molecule has 0 saturated carbocycles. The molecule has 0 saturated heterocycles. The number of allylic oxidation sites excluding steroid dienone is 2. The average molecular weight is 373 g/mol. The SMILES string of the molecule is CCOC(=O)C(CC1C(C)=CCCC1(C)C)(C(=O)OCC)c1ccccc1. The van der Waals surface area contributed by atoms with Crippen LogP contribution in [0.25, 0.3) is 0 Å². The summed E-state index contributed by atoms with van der Waals surface area (Å²) < 4.78 is 10.8. The summed E-state index contributed by atoms with van der Waals surface area (Å²) in [6.45, 7) is 10.5. The van der Waals surface area contributed by atoms with Crippen LogP contribution >= 0.6 is 0 Å². The third kappa shape index (κ3) is 4.26. The van der Waals surface area contributed by atoms with E-state index in [1.54, 1.807) is 13.8 Å². The fraction of sp³-hybridized carbons (Fsp3) is 0.565. The minimum atomic E-state index is -1.46. The molecule has 0 aliphatic heterocycles. The maximum atomic E-state index is 13.2. The minimum absolute atomic E-state index is 0.0160. The highest BCUT2D eigenvalue weighted by atomic mass is 16.6. The van der Waals surface area contributed by atoms with E-state index in [1.807, 2.05) is 30.3 Å². The fourth-order valence-corrected chi connectivity index (χ4v) is 4.18. The van der Waals surface area contributed by atoms with Crippen molar-refractivity contribution in [2.45, 2.75) is 59.3 Å². The number of rotatable bonds is 7. The van der Waals surface area contributed by atoms with Gasteiger partial charge in [0.05, 0.1) is 13.2 Å². The first-order chi connectivity index (χ1) is 12.8. The van der Waals surface area contributed by atoms with Crippen LogP contribution in [0, 0.1) is 11.3 Å². The first-order valence-corrected chi connectivity index (χ1v) is 9.86. The number of hydrogen-bond acceptors (Lipinski definition) is 4. The van der Waals surface area contributed by atoms with Gasteiger partial charge in [-0.3, -0.25) is 9.59 Å². The quantitative estimate of drug-likeness (QED) is 0.391. The number of carbonyl (C=O) groups is 2. The lowest BCUT2D eigenvalue weighted by atomic mass is 9.61. The highest BCUT2D eigenvalue weighted by molar-refractivity contribution is 6.06. The molecule has 1 aliphatic carbocycles. The molecular formula is C23H32O4. The molecular weight excluding hydrogens is 340 g/mol. The summed E-state index contributed by atoms with van der Waals surface area (Å²) in [5.74, 6) is -0.965. The van der Waals surface area contributed by atoms with Crippen LogP contribution in [0.4, 0.5) is 0 Å². The molecule has 2 rings (SSSR count). The largest absolute Gasteiger partial charge is 0.465 e. The van der Waals surface area contributed by atoms with E-state index < -0.39 is 17.4 Å². The van der Waals surface area contributed by atoms with Gasteiger partial charge in [-0.25, -0.2) is 0 Å². The zero-order valence-electron chi connectivity index (χ0n) is 17.2. The van der Waals surface area contributed by atoms with Gasteiger partial charge in [0, 0.05) is 0 Å². The predicted molar refractivity (Wildman–Crippen MR) is 106 cm³/mol. The lowest BCUT2D eigenvalue weighted by molar-refractivity contribution is -0.166. The van der Waals surface area contributed by atoms with E-state index in [1.165, 1.54) is 5.57 Å². The van der Waals surface area contributed by atoms with Crippen molar-refractivity contribution in [1.29, 1.82) is 0 Å². The number of esters is 2. The molecule has 1 atom stereocenters. The molecule has 148 valence electrons. The van der Waals surface area contributed by atoms with Crippen LogP contribution in [0.2, 0.25) is 0 Å². The van der Waals surface area contributed by atoms with Gasteiger partial charge in [-0.15, -0.1) is 0 Å². The molecule has 0 aromatic heterocycles. The van der Waals surface area contributed by atoms with Gasteiger partial charge in [-0.05, 0) is 56.9 Å². The topological polar surface area (TPSA) is 52.6 Å². The second-order valence-electron chi connectivity index (χ2n) is 7.94. The molecule has 0 amide bonds. The number of carbonyl (C=O) groups excluding carboxylic acids is 2. The Bertz CT molecular complexity index is 670. The first kappa shape index (κ1) is 21.2. The van der Waals surface area contributed by atoms with Crippen molar-refractivity contribution in [3.63, 3.8) is 0 Å². The Kier molecular flexibility index (Phi) is 6.85. The summed E-state index contributed by atoms with van der Waals surface area (Å²) in [6, 6.07) is 9.21. The van der Waals surface area contributed by atoms with Crippen molar-refractivity contribution in [3.05, 3.63) is 47.5 Å². The van der Waals surface area contributed by atoms with Gasteiger partial charge >= 0.3 is 11.9 Å². The predicted octanol–water partition coefficient (Wildman–Crippen LogP) is 4.82. The number of hydrogen-bond donors (Lipinski definition) is 0. The highest BCUT2D eigenvalue weighted by Crippen LogP contribution is 2.48. The van der Waals surface area contributed by atoms with E-state index in [-0.39, 0.29) is 24.5 Å². The van der Waals surface area contributed by atoms with E-state index in [9.17, 15) is 9.59 Å². The first-order valence-electron chi connectivity index (χ1n) is 9.86. The Balaban J connectivity index is 2.63. The van der Waals surface area contributed by atoms with Gasteiger partial charge in [0.1, 0.15) is 0 Å². The maximum Gasteiger partial charge on any atom is 0.328 e. The molecule has 4 nitrogen and oxygen atoms in total. The smallest absolute Gasteiger partial charge is 0.328 e. The number of ether oxygens (including phenoxy) is 2. The molecule has 1 aromatic carbocycles. The van der Waals surface area contributed by atoms with Crippen molar-refractivity contribution in [2.24, 2.45) is 11.3 Å². The summed E-state index contributed by atoms with van der Waals surface area (Å²) in [6.07, 6.45) is 4.62. The van der Waals surface area contributed by atoms with Gasteiger partial charge < -0.3 is 9.47 Å². The molecule has 27 heavy (non-hydrogen) atoms. The van der Waals surface area contributed by atoms with Crippen molar-refractivity contribution >= 4 is 11.9 Å². The molecule has 0 N–H and O–H groups in total. The zero-order chi connectivity index (χ0) is 20.1. The normalized spacial score (nSPS) is 19.1. The molecule has 1 unspecified atom stereocenters. The lowest BCUT2D eigenvalue weighted by Gasteiger charge is -2.43. The van der Waals surface area contributed by atoms with Crippen molar-refractivity contribution < 1.29 is 19.1 Å². The summed E-state index contributed by atoms with van der Waals surface area (Å²) >= 11 is 0. The monoisotopic (exact) mass is 372 g/mol. The van der Waals surface area contributed by atoms with Crippen molar-refractivity contribution in [2.75, 3.05) is 13.2 Å². The van der Waals surface area contributed by atoms with Crippen LogP contribution in [0.15, 0.2) is 42.0 Å². The van der Waals surface area contributed by atoms with Crippen LogP contribution in [0.5, 0.6) is 0 Å². The maximum absolute atomic E-state index is 13.2. The Morgan fingerprint density at radius 2 is 1.63 bits per heavy atom. The second kappa shape index (κ2) is 8.73. The van der Waals surface area contributed by atoms with Crippen LogP contribution < -0.4 is 0 Å². The summed E-state index contributed by atoms with van der Waals surface area (Å²) in [5.41, 5.74) is 0.385. The van der Waals surface area contributed by atoms with E-state index >= 15 is 0 Å². The van der Waals surface area contributed by atoms with Crippen molar-refractivity contribution in [1.82, 2.24) is 0 Å². The van der Waals surface area contributed by atoms with Gasteiger partial charge in [0.2, 0.25) is 0 Å². The third-order valence-corrected chi connectivity index (χ3v) is 5.77.